The van der Waals surface area contributed by atoms with Crippen LogP contribution in [0.1, 0.15) is 23.2 Å². The third-order valence-electron chi connectivity index (χ3n) is 2.62. The Labute approximate surface area is 115 Å². The molecule has 1 aliphatic rings. The van der Waals surface area contributed by atoms with Gasteiger partial charge in [-0.1, -0.05) is 22.0 Å². The van der Waals surface area contributed by atoms with E-state index in [-0.39, 0.29) is 24.5 Å². The largest absolute Gasteiger partial charge is 0.459 e. The smallest absolute Gasteiger partial charge is 0.338 e. The van der Waals surface area contributed by atoms with Gasteiger partial charge in [-0.25, -0.2) is 4.79 Å². The van der Waals surface area contributed by atoms with Gasteiger partial charge in [0.25, 0.3) is 0 Å². The van der Waals surface area contributed by atoms with Crippen LogP contribution in [0.15, 0.2) is 28.7 Å². The Morgan fingerprint density at radius 1 is 1.35 bits per heavy atom. The number of nitrogens with one attached hydrogen (secondary N) is 1. The molecule has 0 radical (unpaired) electrons. The highest BCUT2D eigenvalue weighted by Crippen LogP contribution is 2.15. The van der Waals surface area contributed by atoms with Crippen LogP contribution in [0.25, 0.3) is 0 Å². The van der Waals surface area contributed by atoms with E-state index in [2.05, 4.69) is 21.2 Å². The zero-order valence-corrected chi connectivity index (χ0v) is 11.7. The molecule has 1 saturated heterocycles. The average Bonchev–Trinajstić information content (AvgIpc) is 2.30. The second kappa shape index (κ2) is 6.99. The molecule has 17 heavy (non-hydrogen) atoms. The molecule has 1 fully saturated rings. The molecule has 1 heterocycles. The van der Waals surface area contributed by atoms with Crippen LogP contribution in [0.4, 0.5) is 0 Å². The van der Waals surface area contributed by atoms with Crippen molar-refractivity contribution in [1.29, 1.82) is 0 Å². The second-order valence-corrected chi connectivity index (χ2v) is 4.78. The maximum absolute atomic E-state index is 11.8. The maximum atomic E-state index is 11.8. The van der Waals surface area contributed by atoms with Crippen molar-refractivity contribution in [3.63, 3.8) is 0 Å². The molecule has 0 atom stereocenters. The molecule has 0 amide bonds. The van der Waals surface area contributed by atoms with Gasteiger partial charge in [0.15, 0.2) is 0 Å². The lowest BCUT2D eigenvalue weighted by Gasteiger charge is -2.22. The van der Waals surface area contributed by atoms with Crippen LogP contribution in [0.2, 0.25) is 0 Å². The van der Waals surface area contributed by atoms with Gasteiger partial charge < -0.3 is 10.1 Å². The lowest BCUT2D eigenvalue weighted by Crippen LogP contribution is -2.33. The molecule has 0 saturated carbocycles. The molecule has 5 heteroatoms. The summed E-state index contributed by atoms with van der Waals surface area (Å²) in [7, 11) is 0. The van der Waals surface area contributed by atoms with Gasteiger partial charge in [-0.15, -0.1) is 12.4 Å². The number of carbonyl (C=O) groups excluding carboxylic acids is 1. The van der Waals surface area contributed by atoms with Gasteiger partial charge in [0.05, 0.1) is 5.56 Å². The monoisotopic (exact) mass is 319 g/mol. The maximum Gasteiger partial charge on any atom is 0.338 e. The number of carbonyl (C=O) groups is 1. The van der Waals surface area contributed by atoms with E-state index in [9.17, 15) is 4.79 Å². The molecule has 0 bridgehead atoms. The molecule has 2 rings (SSSR count). The van der Waals surface area contributed by atoms with E-state index in [0.29, 0.717) is 5.56 Å². The normalized spacial score (nSPS) is 16.1. The van der Waals surface area contributed by atoms with E-state index in [1.165, 1.54) is 0 Å². The van der Waals surface area contributed by atoms with Crippen LogP contribution in [0.3, 0.4) is 0 Å². The molecule has 1 N–H and O–H groups in total. The molecule has 0 aliphatic carbocycles. The number of benzene rings is 1. The standard InChI is InChI=1S/C12H14BrNO2.ClH/c13-10-3-1-2-9(8-10)12(15)16-11-4-6-14-7-5-11;/h1-3,8,11,14H,4-7H2;1H. The van der Waals surface area contributed by atoms with Gasteiger partial charge >= 0.3 is 5.97 Å². The van der Waals surface area contributed by atoms with Crippen molar-refractivity contribution < 1.29 is 9.53 Å². The fraction of sp³-hybridized carbons (Fsp3) is 0.417. The average molecular weight is 321 g/mol. The zero-order chi connectivity index (χ0) is 11.4. The lowest BCUT2D eigenvalue weighted by atomic mass is 10.1. The summed E-state index contributed by atoms with van der Waals surface area (Å²) in [6, 6.07) is 7.28. The van der Waals surface area contributed by atoms with Gasteiger partial charge in [-0.05, 0) is 44.1 Å². The van der Waals surface area contributed by atoms with Gasteiger partial charge in [-0.3, -0.25) is 0 Å². The van der Waals surface area contributed by atoms with E-state index in [1.54, 1.807) is 12.1 Å². The highest BCUT2D eigenvalue weighted by molar-refractivity contribution is 9.10. The Morgan fingerprint density at radius 2 is 2.06 bits per heavy atom. The number of rotatable bonds is 2. The van der Waals surface area contributed by atoms with E-state index >= 15 is 0 Å². The minimum absolute atomic E-state index is 0. The molecule has 1 aromatic rings. The Balaban J connectivity index is 0.00000144. The van der Waals surface area contributed by atoms with Crippen molar-refractivity contribution in [2.45, 2.75) is 18.9 Å². The first-order chi connectivity index (χ1) is 7.75. The van der Waals surface area contributed by atoms with Gasteiger partial charge in [0.1, 0.15) is 6.10 Å². The van der Waals surface area contributed by atoms with Crippen LogP contribution in [0.5, 0.6) is 0 Å². The van der Waals surface area contributed by atoms with Crippen molar-refractivity contribution in [2.24, 2.45) is 0 Å². The predicted octanol–water partition coefficient (Wildman–Crippen LogP) is 2.78. The SMILES string of the molecule is Cl.O=C(OC1CCNCC1)c1cccc(Br)c1. The molecule has 1 aromatic carbocycles. The molecular formula is C12H15BrClNO2. The lowest BCUT2D eigenvalue weighted by molar-refractivity contribution is 0.0229. The van der Waals surface area contributed by atoms with Crippen LogP contribution in [-0.2, 0) is 4.74 Å². The summed E-state index contributed by atoms with van der Waals surface area (Å²) in [5.74, 6) is -0.229. The minimum atomic E-state index is -0.229. The number of halogens is 2. The van der Waals surface area contributed by atoms with Crippen molar-refractivity contribution in [2.75, 3.05) is 13.1 Å². The number of esters is 1. The van der Waals surface area contributed by atoms with Gasteiger partial charge in [0, 0.05) is 4.47 Å². The summed E-state index contributed by atoms with van der Waals surface area (Å²) in [5.41, 5.74) is 0.605. The first-order valence-corrected chi connectivity index (χ1v) is 6.22. The predicted molar refractivity (Wildman–Crippen MR) is 72.7 cm³/mol. The number of ether oxygens (including phenoxy) is 1. The molecular weight excluding hydrogens is 305 g/mol. The summed E-state index contributed by atoms with van der Waals surface area (Å²) in [4.78, 5) is 11.8. The molecule has 0 unspecified atom stereocenters. The minimum Gasteiger partial charge on any atom is -0.459 e. The molecule has 0 spiro atoms. The Kier molecular flexibility index (Phi) is 5.95. The van der Waals surface area contributed by atoms with Crippen LogP contribution in [-0.4, -0.2) is 25.2 Å². The topological polar surface area (TPSA) is 38.3 Å². The van der Waals surface area contributed by atoms with E-state index in [1.807, 2.05) is 12.1 Å². The first kappa shape index (κ1) is 14.5. The zero-order valence-electron chi connectivity index (χ0n) is 9.32. The molecule has 1 aliphatic heterocycles. The van der Waals surface area contributed by atoms with Crippen molar-refractivity contribution in [3.05, 3.63) is 34.3 Å². The van der Waals surface area contributed by atoms with Crippen molar-refractivity contribution >= 4 is 34.3 Å². The number of hydrogen-bond acceptors (Lipinski definition) is 3. The van der Waals surface area contributed by atoms with Crippen LogP contribution >= 0.6 is 28.3 Å². The Morgan fingerprint density at radius 3 is 2.71 bits per heavy atom. The van der Waals surface area contributed by atoms with E-state index < -0.39 is 0 Å². The third kappa shape index (κ3) is 4.30. The van der Waals surface area contributed by atoms with Gasteiger partial charge in [-0.2, -0.15) is 0 Å². The third-order valence-corrected chi connectivity index (χ3v) is 3.11. The van der Waals surface area contributed by atoms with Gasteiger partial charge in [0.2, 0.25) is 0 Å². The highest BCUT2D eigenvalue weighted by Gasteiger charge is 2.18. The second-order valence-electron chi connectivity index (χ2n) is 3.87. The first-order valence-electron chi connectivity index (χ1n) is 5.43. The van der Waals surface area contributed by atoms with E-state index in [0.717, 1.165) is 30.4 Å². The van der Waals surface area contributed by atoms with Crippen molar-refractivity contribution in [3.8, 4) is 0 Å². The summed E-state index contributed by atoms with van der Waals surface area (Å²) in [6.45, 7) is 1.85. The summed E-state index contributed by atoms with van der Waals surface area (Å²) in [5, 5.41) is 3.24. The van der Waals surface area contributed by atoms with Crippen molar-refractivity contribution in [1.82, 2.24) is 5.32 Å². The fourth-order valence-corrected chi connectivity index (χ4v) is 2.15. The molecule has 0 aromatic heterocycles. The Hall–Kier alpha value is -0.580. The van der Waals surface area contributed by atoms with E-state index in [4.69, 9.17) is 4.74 Å². The summed E-state index contributed by atoms with van der Waals surface area (Å²) < 4.78 is 6.33. The fourth-order valence-electron chi connectivity index (χ4n) is 1.75. The molecule has 94 valence electrons. The number of hydrogen-bond donors (Lipinski definition) is 1. The van der Waals surface area contributed by atoms with Crippen LogP contribution in [0, 0.1) is 0 Å². The highest BCUT2D eigenvalue weighted by atomic mass is 79.9. The number of piperidine rings is 1. The quantitative estimate of drug-likeness (QED) is 0.852. The summed E-state index contributed by atoms with van der Waals surface area (Å²) >= 11 is 3.34. The molecule has 3 nitrogen and oxygen atoms in total. The Bertz CT molecular complexity index is 381. The van der Waals surface area contributed by atoms with Crippen LogP contribution < -0.4 is 5.32 Å². The summed E-state index contributed by atoms with van der Waals surface area (Å²) in [6.07, 6.45) is 1.87.